The summed E-state index contributed by atoms with van der Waals surface area (Å²) in [5, 5.41) is 0. The maximum absolute atomic E-state index is 3.14. The molecule has 13 heavy (non-hydrogen) atoms. The predicted octanol–water partition coefficient (Wildman–Crippen LogP) is 2.77. The molecule has 1 atom stereocenters. The van der Waals surface area contributed by atoms with Crippen LogP contribution in [-0.2, 0) is 0 Å². The SMILES string of the molecule is CC#CCCC(CC)CCN(C)C. The van der Waals surface area contributed by atoms with Gasteiger partial charge in [0.25, 0.3) is 0 Å². The van der Waals surface area contributed by atoms with Crippen LogP contribution in [0.4, 0.5) is 0 Å². The highest BCUT2D eigenvalue weighted by atomic mass is 15.0. The lowest BCUT2D eigenvalue weighted by atomic mass is 9.96. The van der Waals surface area contributed by atoms with Gasteiger partial charge in [-0.05, 0) is 46.3 Å². The first-order valence-corrected chi connectivity index (χ1v) is 5.25. The quantitative estimate of drug-likeness (QED) is 0.570. The second kappa shape index (κ2) is 8.13. The van der Waals surface area contributed by atoms with Crippen molar-refractivity contribution in [1.82, 2.24) is 4.90 Å². The van der Waals surface area contributed by atoms with Gasteiger partial charge in [0.1, 0.15) is 0 Å². The van der Waals surface area contributed by atoms with Gasteiger partial charge in [0.15, 0.2) is 0 Å². The minimum Gasteiger partial charge on any atom is -0.309 e. The lowest BCUT2D eigenvalue weighted by molar-refractivity contribution is 0.335. The van der Waals surface area contributed by atoms with E-state index in [4.69, 9.17) is 0 Å². The van der Waals surface area contributed by atoms with E-state index in [1.807, 2.05) is 6.92 Å². The summed E-state index contributed by atoms with van der Waals surface area (Å²) in [7, 11) is 4.27. The molecule has 0 radical (unpaired) electrons. The van der Waals surface area contributed by atoms with Gasteiger partial charge in [0, 0.05) is 6.42 Å². The van der Waals surface area contributed by atoms with Crippen LogP contribution >= 0.6 is 0 Å². The second-order valence-electron chi connectivity index (χ2n) is 3.83. The molecule has 0 aliphatic heterocycles. The topological polar surface area (TPSA) is 3.24 Å². The lowest BCUT2D eigenvalue weighted by Gasteiger charge is -2.16. The summed E-state index contributed by atoms with van der Waals surface area (Å²) in [5.74, 6) is 6.95. The van der Waals surface area contributed by atoms with Crippen LogP contribution in [0.3, 0.4) is 0 Å². The highest BCUT2D eigenvalue weighted by Crippen LogP contribution is 2.14. The monoisotopic (exact) mass is 181 g/mol. The summed E-state index contributed by atoms with van der Waals surface area (Å²) < 4.78 is 0. The van der Waals surface area contributed by atoms with Crippen molar-refractivity contribution in [2.45, 2.75) is 39.5 Å². The van der Waals surface area contributed by atoms with E-state index in [-0.39, 0.29) is 0 Å². The molecule has 0 rings (SSSR count). The van der Waals surface area contributed by atoms with Gasteiger partial charge in [-0.3, -0.25) is 0 Å². The van der Waals surface area contributed by atoms with Crippen molar-refractivity contribution in [1.29, 1.82) is 0 Å². The van der Waals surface area contributed by atoms with E-state index >= 15 is 0 Å². The average Bonchev–Trinajstić information content (AvgIpc) is 2.10. The Hall–Kier alpha value is -0.480. The normalized spacial score (nSPS) is 12.4. The van der Waals surface area contributed by atoms with Crippen molar-refractivity contribution in [3.8, 4) is 11.8 Å². The Morgan fingerprint density at radius 3 is 2.38 bits per heavy atom. The van der Waals surface area contributed by atoms with Crippen LogP contribution in [0.25, 0.3) is 0 Å². The zero-order valence-electron chi connectivity index (χ0n) is 9.56. The van der Waals surface area contributed by atoms with E-state index in [0.29, 0.717) is 0 Å². The molecule has 0 fully saturated rings. The molecule has 0 aromatic heterocycles. The molecule has 0 aliphatic rings. The molecule has 1 heteroatoms. The Morgan fingerprint density at radius 1 is 1.23 bits per heavy atom. The zero-order valence-corrected chi connectivity index (χ0v) is 9.56. The molecule has 76 valence electrons. The maximum Gasteiger partial charge on any atom is 0.00912 e. The third-order valence-electron chi connectivity index (χ3n) is 2.42. The Morgan fingerprint density at radius 2 is 1.92 bits per heavy atom. The van der Waals surface area contributed by atoms with E-state index < -0.39 is 0 Å². The van der Waals surface area contributed by atoms with Crippen LogP contribution in [0.2, 0.25) is 0 Å². The first kappa shape index (κ1) is 12.5. The molecule has 0 heterocycles. The molecule has 0 N–H and O–H groups in total. The third-order valence-corrected chi connectivity index (χ3v) is 2.42. The molecule has 0 amide bonds. The minimum absolute atomic E-state index is 0.864. The molecule has 1 nitrogen and oxygen atoms in total. The van der Waals surface area contributed by atoms with Crippen LogP contribution < -0.4 is 0 Å². The van der Waals surface area contributed by atoms with Gasteiger partial charge >= 0.3 is 0 Å². The van der Waals surface area contributed by atoms with E-state index in [9.17, 15) is 0 Å². The van der Waals surface area contributed by atoms with Gasteiger partial charge in [-0.15, -0.1) is 11.8 Å². The number of nitrogens with zero attached hydrogens (tertiary/aromatic N) is 1. The van der Waals surface area contributed by atoms with Crippen molar-refractivity contribution in [3.63, 3.8) is 0 Å². The summed E-state index contributed by atoms with van der Waals surface area (Å²) in [6.07, 6.45) is 4.95. The molecule has 1 unspecified atom stereocenters. The van der Waals surface area contributed by atoms with Crippen LogP contribution in [0.1, 0.15) is 39.5 Å². The van der Waals surface area contributed by atoms with Gasteiger partial charge < -0.3 is 4.90 Å². The average molecular weight is 181 g/mol. The zero-order chi connectivity index (χ0) is 10.1. The highest BCUT2D eigenvalue weighted by Gasteiger charge is 2.05. The minimum atomic E-state index is 0.864. The molecule has 0 spiro atoms. The number of hydrogen-bond acceptors (Lipinski definition) is 1. The first-order chi connectivity index (χ1) is 6.20. The number of rotatable bonds is 6. The molecule has 0 aromatic rings. The Balaban J connectivity index is 3.54. The van der Waals surface area contributed by atoms with Crippen molar-refractivity contribution >= 4 is 0 Å². The van der Waals surface area contributed by atoms with Gasteiger partial charge in [0.05, 0.1) is 0 Å². The van der Waals surface area contributed by atoms with Crippen molar-refractivity contribution < 1.29 is 0 Å². The fourth-order valence-corrected chi connectivity index (χ4v) is 1.39. The van der Waals surface area contributed by atoms with E-state index in [1.54, 1.807) is 0 Å². The van der Waals surface area contributed by atoms with E-state index in [1.165, 1.54) is 25.8 Å². The molecule has 0 bridgehead atoms. The molecule has 0 saturated carbocycles. The highest BCUT2D eigenvalue weighted by molar-refractivity contribution is 4.94. The predicted molar refractivity (Wildman–Crippen MR) is 59.6 cm³/mol. The van der Waals surface area contributed by atoms with Crippen molar-refractivity contribution in [2.24, 2.45) is 5.92 Å². The smallest absolute Gasteiger partial charge is 0.00912 e. The second-order valence-corrected chi connectivity index (χ2v) is 3.83. The van der Waals surface area contributed by atoms with Gasteiger partial charge in [0.2, 0.25) is 0 Å². The van der Waals surface area contributed by atoms with Gasteiger partial charge in [-0.2, -0.15) is 0 Å². The van der Waals surface area contributed by atoms with Crippen LogP contribution in [0.5, 0.6) is 0 Å². The molecule has 0 saturated heterocycles. The lowest BCUT2D eigenvalue weighted by Crippen LogP contribution is -2.16. The molecule has 0 aliphatic carbocycles. The summed E-state index contributed by atoms with van der Waals surface area (Å²) >= 11 is 0. The summed E-state index contributed by atoms with van der Waals surface area (Å²) in [6, 6.07) is 0. The maximum atomic E-state index is 3.14. The number of hydrogen-bond donors (Lipinski definition) is 0. The Kier molecular flexibility index (Phi) is 7.83. The third kappa shape index (κ3) is 7.87. The first-order valence-electron chi connectivity index (χ1n) is 5.25. The molecular weight excluding hydrogens is 158 g/mol. The van der Waals surface area contributed by atoms with Gasteiger partial charge in [-0.1, -0.05) is 13.3 Å². The molecular formula is C12H23N. The van der Waals surface area contributed by atoms with Crippen LogP contribution in [-0.4, -0.2) is 25.5 Å². The summed E-state index contributed by atoms with van der Waals surface area (Å²) in [6.45, 7) is 5.40. The van der Waals surface area contributed by atoms with Gasteiger partial charge in [-0.25, -0.2) is 0 Å². The molecule has 0 aromatic carbocycles. The largest absolute Gasteiger partial charge is 0.309 e. The summed E-state index contributed by atoms with van der Waals surface area (Å²) in [4.78, 5) is 2.26. The fraction of sp³-hybridized carbons (Fsp3) is 0.833. The summed E-state index contributed by atoms with van der Waals surface area (Å²) in [5.41, 5.74) is 0. The van der Waals surface area contributed by atoms with Crippen molar-refractivity contribution in [3.05, 3.63) is 0 Å². The van der Waals surface area contributed by atoms with Crippen LogP contribution in [0.15, 0.2) is 0 Å². The standard InChI is InChI=1S/C12H23N/c1-5-7-8-9-12(6-2)10-11-13(3)4/h12H,6,8-11H2,1-4H3. The Labute approximate surface area is 83.5 Å². The van der Waals surface area contributed by atoms with E-state index in [0.717, 1.165) is 12.3 Å². The fourth-order valence-electron chi connectivity index (χ4n) is 1.39. The van der Waals surface area contributed by atoms with Crippen LogP contribution in [0, 0.1) is 17.8 Å². The van der Waals surface area contributed by atoms with Crippen molar-refractivity contribution in [2.75, 3.05) is 20.6 Å². The van der Waals surface area contributed by atoms with E-state index in [2.05, 4.69) is 37.8 Å². The Bertz CT molecular complexity index is 162.